The zero-order valence-corrected chi connectivity index (χ0v) is 13.2. The van der Waals surface area contributed by atoms with Crippen LogP contribution in [0.2, 0.25) is 0 Å². The minimum absolute atomic E-state index is 0.105. The van der Waals surface area contributed by atoms with Gasteiger partial charge in [0.15, 0.2) is 9.84 Å². The molecule has 0 aliphatic carbocycles. The third kappa shape index (κ3) is 2.71. The summed E-state index contributed by atoms with van der Waals surface area (Å²) in [6.07, 6.45) is 1.09. The summed E-state index contributed by atoms with van der Waals surface area (Å²) in [4.78, 5) is 14.4. The molecule has 0 radical (unpaired) electrons. The van der Waals surface area contributed by atoms with Gasteiger partial charge in [0, 0.05) is 17.7 Å². The molecule has 0 bridgehead atoms. The van der Waals surface area contributed by atoms with E-state index in [1.165, 1.54) is 34.5 Å². The topological polar surface area (TPSA) is 63.7 Å². The third-order valence-corrected chi connectivity index (χ3v) is 5.40. The fraction of sp³-hybridized carbons (Fsp3) is 0.214. The van der Waals surface area contributed by atoms with E-state index in [0.717, 1.165) is 17.6 Å². The maximum absolute atomic E-state index is 13.4. The Morgan fingerprint density at radius 3 is 2.82 bits per heavy atom. The summed E-state index contributed by atoms with van der Waals surface area (Å²) >= 11 is 1.05. The van der Waals surface area contributed by atoms with Gasteiger partial charge in [-0.25, -0.2) is 12.8 Å². The monoisotopic (exact) mass is 341 g/mol. The molecule has 5 nitrogen and oxygen atoms in total. The van der Waals surface area contributed by atoms with Crippen LogP contribution in [0.1, 0.15) is 9.67 Å². The van der Waals surface area contributed by atoms with E-state index in [2.05, 4.69) is 0 Å². The lowest BCUT2D eigenvalue weighted by atomic mass is 10.2. The molecule has 0 spiro atoms. The van der Waals surface area contributed by atoms with E-state index in [9.17, 15) is 17.6 Å². The molecule has 1 aromatic carbocycles. The van der Waals surface area contributed by atoms with Crippen LogP contribution in [0.4, 0.5) is 10.1 Å². The second kappa shape index (κ2) is 5.36. The number of nitrogens with zero attached hydrogens (tertiary/aromatic N) is 1. The summed E-state index contributed by atoms with van der Waals surface area (Å²) in [7, 11) is -3.36. The second-order valence-corrected chi connectivity index (χ2v) is 7.76. The average molecular weight is 341 g/mol. The van der Waals surface area contributed by atoms with Crippen molar-refractivity contribution in [3.8, 4) is 5.75 Å². The van der Waals surface area contributed by atoms with E-state index in [0.29, 0.717) is 18.0 Å². The normalized spacial score (nSPS) is 14.4. The number of anilines is 1. The molecule has 1 amide bonds. The molecule has 0 fully saturated rings. The molecule has 1 aromatic heterocycles. The van der Waals surface area contributed by atoms with Gasteiger partial charge in [-0.15, -0.1) is 11.3 Å². The van der Waals surface area contributed by atoms with Crippen molar-refractivity contribution in [3.63, 3.8) is 0 Å². The highest BCUT2D eigenvalue weighted by Crippen LogP contribution is 2.34. The largest absolute Gasteiger partial charge is 0.490 e. The van der Waals surface area contributed by atoms with Crippen molar-refractivity contribution in [1.82, 2.24) is 0 Å². The number of ether oxygens (including phenoxy) is 1. The first-order chi connectivity index (χ1) is 10.4. The molecule has 0 saturated carbocycles. The summed E-state index contributed by atoms with van der Waals surface area (Å²) in [6.45, 7) is 0.579. The van der Waals surface area contributed by atoms with E-state index in [1.54, 1.807) is 0 Å². The summed E-state index contributed by atoms with van der Waals surface area (Å²) < 4.78 is 41.8. The Kier molecular flexibility index (Phi) is 3.65. The molecular formula is C14H12FNO4S2. The van der Waals surface area contributed by atoms with Crippen LogP contribution in [-0.2, 0) is 9.84 Å². The van der Waals surface area contributed by atoms with Crippen molar-refractivity contribution in [2.45, 2.75) is 4.90 Å². The van der Waals surface area contributed by atoms with E-state index in [4.69, 9.17) is 4.74 Å². The quantitative estimate of drug-likeness (QED) is 0.841. The minimum atomic E-state index is -3.36. The molecule has 2 heterocycles. The average Bonchev–Trinajstić information content (AvgIpc) is 2.95. The molecule has 1 aliphatic heterocycles. The van der Waals surface area contributed by atoms with Gasteiger partial charge in [-0.1, -0.05) is 0 Å². The smallest absolute Gasteiger partial charge is 0.268 e. The highest BCUT2D eigenvalue weighted by atomic mass is 32.2. The number of carbonyl (C=O) groups is 1. The molecule has 8 heteroatoms. The van der Waals surface area contributed by atoms with Crippen molar-refractivity contribution in [2.24, 2.45) is 0 Å². The van der Waals surface area contributed by atoms with Crippen molar-refractivity contribution in [3.05, 3.63) is 40.3 Å². The summed E-state index contributed by atoms with van der Waals surface area (Å²) in [5, 5.41) is 1.43. The van der Waals surface area contributed by atoms with Crippen LogP contribution in [0, 0.1) is 5.82 Å². The van der Waals surface area contributed by atoms with Gasteiger partial charge in [0.2, 0.25) is 0 Å². The SMILES string of the molecule is CS(=O)(=O)c1csc(C(=O)N2CCOc3ccc(F)cc32)c1. The molecule has 0 unspecified atom stereocenters. The number of benzene rings is 1. The standard InChI is InChI=1S/C14H12FNO4S2/c1-22(18,19)10-7-13(21-8-10)14(17)16-4-5-20-12-3-2-9(15)6-11(12)16/h2-3,6-8H,4-5H2,1H3. The number of fused-ring (bicyclic) bond motifs is 1. The summed E-state index contributed by atoms with van der Waals surface area (Å²) in [5.41, 5.74) is 0.352. The molecule has 22 heavy (non-hydrogen) atoms. The number of rotatable bonds is 2. The van der Waals surface area contributed by atoms with Crippen LogP contribution in [0.5, 0.6) is 5.75 Å². The van der Waals surface area contributed by atoms with Crippen LogP contribution >= 0.6 is 11.3 Å². The van der Waals surface area contributed by atoms with Gasteiger partial charge >= 0.3 is 0 Å². The van der Waals surface area contributed by atoms with Gasteiger partial charge in [0.1, 0.15) is 18.2 Å². The van der Waals surface area contributed by atoms with Crippen LogP contribution in [0.25, 0.3) is 0 Å². The lowest BCUT2D eigenvalue weighted by Crippen LogP contribution is -2.37. The molecule has 2 aromatic rings. The Bertz CT molecular complexity index is 844. The van der Waals surface area contributed by atoms with Gasteiger partial charge in [-0.05, 0) is 18.2 Å². The zero-order chi connectivity index (χ0) is 15.9. The van der Waals surface area contributed by atoms with Gasteiger partial charge in [0.05, 0.1) is 22.0 Å². The number of carbonyl (C=O) groups excluding carboxylic acids is 1. The first kappa shape index (κ1) is 15.0. The van der Waals surface area contributed by atoms with Gasteiger partial charge in [-0.3, -0.25) is 4.79 Å². The number of hydrogen-bond donors (Lipinski definition) is 0. The van der Waals surface area contributed by atoms with E-state index in [-0.39, 0.29) is 22.2 Å². The van der Waals surface area contributed by atoms with Crippen LogP contribution < -0.4 is 9.64 Å². The van der Waals surface area contributed by atoms with E-state index < -0.39 is 15.7 Å². The lowest BCUT2D eigenvalue weighted by molar-refractivity contribution is 0.0980. The van der Waals surface area contributed by atoms with E-state index >= 15 is 0 Å². The van der Waals surface area contributed by atoms with Gasteiger partial charge in [0.25, 0.3) is 5.91 Å². The van der Waals surface area contributed by atoms with Crippen LogP contribution in [0.3, 0.4) is 0 Å². The third-order valence-electron chi connectivity index (χ3n) is 3.24. The number of hydrogen-bond acceptors (Lipinski definition) is 5. The first-order valence-corrected chi connectivity index (χ1v) is 9.16. The fourth-order valence-electron chi connectivity index (χ4n) is 2.16. The van der Waals surface area contributed by atoms with E-state index in [1.807, 2.05) is 0 Å². The maximum Gasteiger partial charge on any atom is 0.268 e. The number of halogens is 1. The van der Waals surface area contributed by atoms with Gasteiger partial charge in [-0.2, -0.15) is 0 Å². The molecular weight excluding hydrogens is 329 g/mol. The molecule has 0 N–H and O–H groups in total. The van der Waals surface area contributed by atoms with Crippen molar-refractivity contribution in [1.29, 1.82) is 0 Å². The van der Waals surface area contributed by atoms with Crippen molar-refractivity contribution >= 4 is 32.8 Å². The lowest BCUT2D eigenvalue weighted by Gasteiger charge is -2.29. The Labute approximate surface area is 130 Å². The molecule has 116 valence electrons. The van der Waals surface area contributed by atoms with Gasteiger partial charge < -0.3 is 9.64 Å². The number of sulfone groups is 1. The number of thiophene rings is 1. The Morgan fingerprint density at radius 1 is 1.36 bits per heavy atom. The van der Waals surface area contributed by atoms with Crippen LogP contribution in [-0.4, -0.2) is 33.7 Å². The molecule has 0 saturated heterocycles. The highest BCUT2D eigenvalue weighted by Gasteiger charge is 2.27. The Hall–Kier alpha value is -1.93. The minimum Gasteiger partial charge on any atom is -0.490 e. The fourth-order valence-corrected chi connectivity index (χ4v) is 4.13. The predicted octanol–water partition coefficient (Wildman–Crippen LogP) is 2.33. The zero-order valence-electron chi connectivity index (χ0n) is 11.6. The number of amides is 1. The Balaban J connectivity index is 1.97. The highest BCUT2D eigenvalue weighted by molar-refractivity contribution is 7.90. The van der Waals surface area contributed by atoms with Crippen LogP contribution in [0.15, 0.2) is 34.5 Å². The summed E-state index contributed by atoms with van der Waals surface area (Å²) in [5.74, 6) is -0.402. The Morgan fingerprint density at radius 2 is 2.14 bits per heavy atom. The molecule has 0 atom stereocenters. The first-order valence-electron chi connectivity index (χ1n) is 6.39. The van der Waals surface area contributed by atoms with Crippen molar-refractivity contribution in [2.75, 3.05) is 24.3 Å². The van der Waals surface area contributed by atoms with Crippen molar-refractivity contribution < 1.29 is 22.3 Å². The molecule has 3 rings (SSSR count). The molecule has 1 aliphatic rings. The predicted molar refractivity (Wildman–Crippen MR) is 81.0 cm³/mol. The summed E-state index contributed by atoms with van der Waals surface area (Å²) in [6, 6.07) is 5.31. The second-order valence-electron chi connectivity index (χ2n) is 4.84. The maximum atomic E-state index is 13.4.